The predicted molar refractivity (Wildman–Crippen MR) is 97.1 cm³/mol. The molecule has 3 aromatic rings. The van der Waals surface area contributed by atoms with Crippen LogP contribution >= 0.6 is 23.1 Å². The molecule has 120 valence electrons. The largest absolute Gasteiger partial charge is 0.289 e. The number of hydrogen-bond donors (Lipinski definition) is 0. The van der Waals surface area contributed by atoms with Crippen molar-refractivity contribution in [1.29, 1.82) is 0 Å². The molecule has 0 fully saturated rings. The third kappa shape index (κ3) is 3.92. The highest BCUT2D eigenvalue weighted by atomic mass is 32.2. The van der Waals surface area contributed by atoms with Crippen molar-refractivity contribution in [3.8, 4) is 0 Å². The van der Waals surface area contributed by atoms with Gasteiger partial charge in [0.05, 0.1) is 12.9 Å². The molecule has 1 aromatic heterocycles. The summed E-state index contributed by atoms with van der Waals surface area (Å²) in [5.41, 5.74) is 0.0475. The average Bonchev–Trinajstić information content (AvgIpc) is 2.51. The first-order chi connectivity index (χ1) is 10.9. The van der Waals surface area contributed by atoms with Crippen LogP contribution in [-0.2, 0) is 14.3 Å². The monoisotopic (exact) mass is 366 g/mol. The lowest BCUT2D eigenvalue weighted by atomic mass is 10.2. The molecule has 0 N–H and O–H groups in total. The lowest BCUT2D eigenvalue weighted by molar-refractivity contribution is 0.345. The van der Waals surface area contributed by atoms with Gasteiger partial charge in [-0.25, -0.2) is 0 Å². The maximum atomic E-state index is 12.5. The van der Waals surface area contributed by atoms with E-state index in [1.807, 2.05) is 42.5 Å². The van der Waals surface area contributed by atoms with Crippen LogP contribution in [0.5, 0.6) is 0 Å². The fourth-order valence-corrected chi connectivity index (χ4v) is 4.66. The quantitative estimate of drug-likeness (QED) is 0.299. The van der Waals surface area contributed by atoms with Gasteiger partial charge in [-0.3, -0.25) is 8.98 Å². The van der Waals surface area contributed by atoms with Gasteiger partial charge in [0.1, 0.15) is 0 Å². The van der Waals surface area contributed by atoms with E-state index in [9.17, 15) is 13.2 Å². The zero-order chi connectivity index (χ0) is 16.4. The summed E-state index contributed by atoms with van der Waals surface area (Å²) in [7, 11) is -3.40. The minimum atomic E-state index is -3.40. The molecule has 1 heterocycles. The minimum Gasteiger partial charge on any atom is -0.289 e. The van der Waals surface area contributed by atoms with Crippen LogP contribution in [0.3, 0.4) is 0 Å². The van der Waals surface area contributed by atoms with Crippen LogP contribution in [0.15, 0.2) is 52.2 Å². The van der Waals surface area contributed by atoms with E-state index in [2.05, 4.69) is 0 Å². The highest BCUT2D eigenvalue weighted by Gasteiger charge is 2.07. The molecule has 0 aliphatic heterocycles. The molecule has 2 aromatic carbocycles. The zero-order valence-electron chi connectivity index (χ0n) is 12.3. The van der Waals surface area contributed by atoms with Crippen LogP contribution < -0.4 is 5.43 Å². The van der Waals surface area contributed by atoms with Crippen molar-refractivity contribution >= 4 is 53.4 Å². The first kappa shape index (κ1) is 16.4. The van der Waals surface area contributed by atoms with Gasteiger partial charge in [0.2, 0.25) is 0 Å². The number of fused-ring (bicyclic) bond motifs is 2. The van der Waals surface area contributed by atoms with Crippen molar-refractivity contribution in [3.05, 3.63) is 52.7 Å². The number of benzene rings is 2. The maximum Gasteiger partial charge on any atom is 0.264 e. The van der Waals surface area contributed by atoms with Crippen molar-refractivity contribution in [3.63, 3.8) is 0 Å². The lowest BCUT2D eigenvalue weighted by Gasteiger charge is -2.05. The van der Waals surface area contributed by atoms with Gasteiger partial charge < -0.3 is 0 Å². The summed E-state index contributed by atoms with van der Waals surface area (Å²) in [6.07, 6.45) is 1.04. The van der Waals surface area contributed by atoms with E-state index in [0.29, 0.717) is 11.1 Å². The van der Waals surface area contributed by atoms with E-state index < -0.39 is 10.1 Å². The molecule has 0 radical (unpaired) electrons. The molecule has 3 rings (SSSR count). The summed E-state index contributed by atoms with van der Waals surface area (Å²) in [5.74, 6) is 0.529. The number of hydrogen-bond acceptors (Lipinski definition) is 6. The smallest absolute Gasteiger partial charge is 0.264 e. The van der Waals surface area contributed by atoms with Crippen molar-refractivity contribution in [2.75, 3.05) is 18.6 Å². The molecule has 7 heteroatoms. The molecule has 0 amide bonds. The molecule has 0 unspecified atom stereocenters. The van der Waals surface area contributed by atoms with E-state index in [4.69, 9.17) is 4.18 Å². The van der Waals surface area contributed by atoms with Gasteiger partial charge in [0.15, 0.2) is 5.43 Å². The van der Waals surface area contributed by atoms with E-state index in [-0.39, 0.29) is 12.0 Å². The third-order valence-corrected chi connectivity index (χ3v) is 5.89. The molecule has 4 nitrogen and oxygen atoms in total. The first-order valence-electron chi connectivity index (χ1n) is 6.87. The molecule has 0 bridgehead atoms. The summed E-state index contributed by atoms with van der Waals surface area (Å²) in [5, 5.41) is 1.46. The van der Waals surface area contributed by atoms with Gasteiger partial charge >= 0.3 is 0 Å². The second-order valence-corrected chi connectivity index (χ2v) is 8.86. The van der Waals surface area contributed by atoms with Crippen molar-refractivity contribution in [1.82, 2.24) is 0 Å². The van der Waals surface area contributed by atoms with Gasteiger partial charge in [-0.15, -0.1) is 23.1 Å². The number of rotatable bonds is 5. The summed E-state index contributed by atoms with van der Waals surface area (Å²) in [6.45, 7) is 0.134. The van der Waals surface area contributed by atoms with Crippen LogP contribution in [0.4, 0.5) is 0 Å². The molecule has 0 aliphatic rings. The van der Waals surface area contributed by atoms with E-state index in [1.54, 1.807) is 11.3 Å². The highest BCUT2D eigenvalue weighted by molar-refractivity contribution is 7.99. The van der Waals surface area contributed by atoms with Crippen molar-refractivity contribution < 1.29 is 12.6 Å². The normalized spacial score (nSPS) is 12.0. The Balaban J connectivity index is 1.87. The van der Waals surface area contributed by atoms with Crippen LogP contribution in [0.1, 0.15) is 0 Å². The molecule has 0 aliphatic carbocycles. The highest BCUT2D eigenvalue weighted by Crippen LogP contribution is 2.28. The van der Waals surface area contributed by atoms with Crippen LogP contribution in [-0.4, -0.2) is 27.0 Å². The number of thioether (sulfide) groups is 1. The van der Waals surface area contributed by atoms with Gasteiger partial charge in [-0.1, -0.05) is 12.1 Å². The second-order valence-electron chi connectivity index (χ2n) is 4.96. The Morgan fingerprint density at radius 2 is 1.83 bits per heavy atom. The van der Waals surface area contributed by atoms with Crippen molar-refractivity contribution in [2.45, 2.75) is 4.90 Å². The molecular weight excluding hydrogens is 352 g/mol. The van der Waals surface area contributed by atoms with Gasteiger partial charge in [0, 0.05) is 30.8 Å². The Labute approximate surface area is 142 Å². The fraction of sp³-hybridized carbons (Fsp3) is 0.188. The zero-order valence-corrected chi connectivity index (χ0v) is 14.8. The minimum absolute atomic E-state index is 0.0475. The van der Waals surface area contributed by atoms with Crippen LogP contribution in [0, 0.1) is 0 Å². The standard InChI is InChI=1S/C16H14O4S3/c1-23(18,19)20-8-9-21-11-6-7-13-15(10-11)22-14-5-3-2-4-12(14)16(13)17/h2-7,10H,8-9H2,1H3. The summed E-state index contributed by atoms with van der Waals surface area (Å²) in [6, 6.07) is 13.3. The van der Waals surface area contributed by atoms with Gasteiger partial charge in [-0.2, -0.15) is 8.42 Å². The molecule has 0 atom stereocenters. The van der Waals surface area contributed by atoms with Crippen LogP contribution in [0.25, 0.3) is 20.2 Å². The summed E-state index contributed by atoms with van der Waals surface area (Å²) in [4.78, 5) is 13.5. The predicted octanol–water partition coefficient (Wildman–Crippen LogP) is 3.48. The van der Waals surface area contributed by atoms with Gasteiger partial charge in [0.25, 0.3) is 10.1 Å². The fourth-order valence-electron chi connectivity index (χ4n) is 2.22. The molecule has 0 saturated heterocycles. The van der Waals surface area contributed by atoms with E-state index in [0.717, 1.165) is 25.9 Å². The second kappa shape index (κ2) is 6.60. The SMILES string of the molecule is CS(=O)(=O)OCCSc1ccc2c(=O)c3ccccc3sc2c1. The topological polar surface area (TPSA) is 60.4 Å². The average molecular weight is 366 g/mol. The Morgan fingerprint density at radius 3 is 2.61 bits per heavy atom. The van der Waals surface area contributed by atoms with E-state index in [1.165, 1.54) is 11.8 Å². The molecule has 0 spiro atoms. The Hall–Kier alpha value is -1.41. The Morgan fingerprint density at radius 1 is 1.09 bits per heavy atom. The molecule has 0 saturated carbocycles. The molecular formula is C16H14O4S3. The van der Waals surface area contributed by atoms with E-state index >= 15 is 0 Å². The lowest BCUT2D eigenvalue weighted by Crippen LogP contribution is -2.05. The Bertz CT molecular complexity index is 1020. The summed E-state index contributed by atoms with van der Waals surface area (Å²) < 4.78 is 28.4. The third-order valence-electron chi connectivity index (χ3n) is 3.20. The van der Waals surface area contributed by atoms with Gasteiger partial charge in [-0.05, 0) is 30.3 Å². The van der Waals surface area contributed by atoms with Crippen LogP contribution in [0.2, 0.25) is 0 Å². The molecule has 23 heavy (non-hydrogen) atoms. The summed E-state index contributed by atoms with van der Waals surface area (Å²) >= 11 is 3.08. The van der Waals surface area contributed by atoms with Crippen molar-refractivity contribution in [2.24, 2.45) is 0 Å². The Kier molecular flexibility index (Phi) is 4.72. The first-order valence-corrected chi connectivity index (χ1v) is 10.5. The maximum absolute atomic E-state index is 12.5.